The van der Waals surface area contributed by atoms with Gasteiger partial charge in [-0.25, -0.2) is 9.59 Å². The van der Waals surface area contributed by atoms with Gasteiger partial charge in [0.05, 0.1) is 0 Å². The Balaban J connectivity index is 1.66. The van der Waals surface area contributed by atoms with Crippen LogP contribution in [0.1, 0.15) is 29.8 Å². The number of aliphatic hydroxyl groups is 3. The molecule has 1 aliphatic heterocycles. The quantitative estimate of drug-likeness (QED) is 0.325. The smallest absolute Gasteiger partial charge is 0.352 e. The lowest BCUT2D eigenvalue weighted by atomic mass is 9.99. The van der Waals surface area contributed by atoms with Gasteiger partial charge in [0, 0.05) is 16.1 Å². The fourth-order valence-corrected chi connectivity index (χ4v) is 3.30. The van der Waals surface area contributed by atoms with E-state index in [0.29, 0.717) is 16.1 Å². The Morgan fingerprint density at radius 2 is 1.41 bits per heavy atom. The van der Waals surface area contributed by atoms with Gasteiger partial charge in [-0.15, -0.1) is 0 Å². The molecule has 2 aromatic rings. The number of esters is 1. The first kappa shape index (κ1) is 25.6. The van der Waals surface area contributed by atoms with Gasteiger partial charge >= 0.3 is 11.9 Å². The van der Waals surface area contributed by atoms with Crippen LogP contribution in [0.2, 0.25) is 5.02 Å². The molecule has 0 bridgehead atoms. The summed E-state index contributed by atoms with van der Waals surface area (Å²) in [4.78, 5) is 36.4. The van der Waals surface area contributed by atoms with Crippen LogP contribution in [0.3, 0.4) is 0 Å². The van der Waals surface area contributed by atoms with Gasteiger partial charge in [0.2, 0.25) is 6.29 Å². The number of carbonyl (C=O) groups excluding carboxylic acids is 2. The maximum absolute atomic E-state index is 12.6. The standard InChI is InChI=1S/C23H23ClO10/c1-23(2,22(31)33-21-18(28)16(26)17(27)19(32-21)20(29)30)34-14-9-5-12(6-10-14)15(25)11-3-7-13(24)8-4-11/h3-10,16-19,21,26-28H,1-2H3,(H,29,30)/t16-,17-,18+,19-,21-/m0/s1. The van der Waals surface area contributed by atoms with Gasteiger partial charge in [0.25, 0.3) is 0 Å². The highest BCUT2D eigenvalue weighted by Gasteiger charge is 2.49. The molecule has 1 fully saturated rings. The largest absolute Gasteiger partial charge is 0.479 e. The first-order chi connectivity index (χ1) is 15.9. The zero-order chi connectivity index (χ0) is 25.2. The molecule has 34 heavy (non-hydrogen) atoms. The van der Waals surface area contributed by atoms with Gasteiger partial charge in [-0.3, -0.25) is 4.79 Å². The molecular formula is C23H23ClO10. The number of carboxylic acid groups (broad SMARTS) is 1. The van der Waals surface area contributed by atoms with Crippen molar-refractivity contribution in [2.45, 2.75) is 50.2 Å². The van der Waals surface area contributed by atoms with Crippen LogP contribution in [-0.4, -0.2) is 74.5 Å². The molecule has 1 aliphatic rings. The van der Waals surface area contributed by atoms with Crippen molar-refractivity contribution in [1.29, 1.82) is 0 Å². The van der Waals surface area contributed by atoms with E-state index in [-0.39, 0.29) is 11.5 Å². The third-order valence-electron chi connectivity index (χ3n) is 5.12. The molecule has 0 spiro atoms. The Morgan fingerprint density at radius 1 is 0.882 bits per heavy atom. The lowest BCUT2D eigenvalue weighted by Gasteiger charge is -2.39. The van der Waals surface area contributed by atoms with Crippen molar-refractivity contribution in [3.8, 4) is 5.75 Å². The summed E-state index contributed by atoms with van der Waals surface area (Å²) in [5.74, 6) is -2.66. The Morgan fingerprint density at radius 3 is 1.94 bits per heavy atom. The molecular weight excluding hydrogens is 472 g/mol. The third-order valence-corrected chi connectivity index (χ3v) is 5.38. The van der Waals surface area contributed by atoms with Crippen LogP contribution < -0.4 is 4.74 Å². The van der Waals surface area contributed by atoms with Crippen LogP contribution in [0.15, 0.2) is 48.5 Å². The highest BCUT2D eigenvalue weighted by atomic mass is 35.5. The van der Waals surface area contributed by atoms with E-state index >= 15 is 0 Å². The van der Waals surface area contributed by atoms with Gasteiger partial charge in [-0.2, -0.15) is 0 Å². The third kappa shape index (κ3) is 5.54. The summed E-state index contributed by atoms with van der Waals surface area (Å²) >= 11 is 5.84. The van der Waals surface area contributed by atoms with Crippen molar-refractivity contribution in [3.05, 3.63) is 64.7 Å². The second-order valence-corrected chi connectivity index (χ2v) is 8.55. The number of hydrogen-bond donors (Lipinski definition) is 4. The van der Waals surface area contributed by atoms with E-state index in [1.807, 2.05) is 0 Å². The molecule has 1 heterocycles. The molecule has 0 unspecified atom stereocenters. The maximum Gasteiger partial charge on any atom is 0.352 e. The minimum Gasteiger partial charge on any atom is -0.479 e. The molecule has 11 heteroatoms. The second-order valence-electron chi connectivity index (χ2n) is 8.11. The van der Waals surface area contributed by atoms with Crippen LogP contribution in [0.25, 0.3) is 0 Å². The molecule has 0 radical (unpaired) electrons. The van der Waals surface area contributed by atoms with Crippen molar-refractivity contribution in [2.75, 3.05) is 0 Å². The number of ketones is 1. The molecule has 0 amide bonds. The van der Waals surface area contributed by atoms with E-state index in [4.69, 9.17) is 30.9 Å². The highest BCUT2D eigenvalue weighted by molar-refractivity contribution is 6.30. The lowest BCUT2D eigenvalue weighted by Crippen LogP contribution is -2.61. The summed E-state index contributed by atoms with van der Waals surface area (Å²) < 4.78 is 15.6. The van der Waals surface area contributed by atoms with Crippen LogP contribution >= 0.6 is 11.6 Å². The first-order valence-electron chi connectivity index (χ1n) is 10.1. The number of halogens is 1. The molecule has 2 aromatic carbocycles. The van der Waals surface area contributed by atoms with Crippen molar-refractivity contribution in [2.24, 2.45) is 0 Å². The van der Waals surface area contributed by atoms with Crippen molar-refractivity contribution in [1.82, 2.24) is 0 Å². The van der Waals surface area contributed by atoms with Gasteiger partial charge in [-0.05, 0) is 62.4 Å². The zero-order valence-corrected chi connectivity index (χ0v) is 18.9. The van der Waals surface area contributed by atoms with E-state index in [2.05, 4.69) is 0 Å². The molecule has 3 rings (SSSR count). The van der Waals surface area contributed by atoms with Gasteiger partial charge < -0.3 is 34.6 Å². The van der Waals surface area contributed by atoms with E-state index in [1.54, 1.807) is 24.3 Å². The van der Waals surface area contributed by atoms with E-state index in [0.717, 1.165) is 0 Å². The van der Waals surface area contributed by atoms with E-state index in [9.17, 15) is 29.7 Å². The second kappa shape index (κ2) is 10.1. The van der Waals surface area contributed by atoms with Crippen LogP contribution in [0.4, 0.5) is 0 Å². The Hall–Kier alpha value is -3.02. The summed E-state index contributed by atoms with van der Waals surface area (Å²) in [6, 6.07) is 12.4. The molecule has 5 atom stereocenters. The molecule has 4 N–H and O–H groups in total. The average molecular weight is 495 g/mol. The monoisotopic (exact) mass is 494 g/mol. The van der Waals surface area contributed by atoms with Crippen LogP contribution in [0.5, 0.6) is 5.75 Å². The number of ether oxygens (including phenoxy) is 3. The number of benzene rings is 2. The molecule has 182 valence electrons. The number of carbonyl (C=O) groups is 3. The minimum atomic E-state index is -1.92. The van der Waals surface area contributed by atoms with Gasteiger partial charge in [0.1, 0.15) is 24.1 Å². The summed E-state index contributed by atoms with van der Waals surface area (Å²) in [5, 5.41) is 39.2. The van der Waals surface area contributed by atoms with Gasteiger partial charge in [0.15, 0.2) is 17.5 Å². The van der Waals surface area contributed by atoms with Crippen molar-refractivity contribution in [3.63, 3.8) is 0 Å². The highest BCUT2D eigenvalue weighted by Crippen LogP contribution is 2.26. The predicted molar refractivity (Wildman–Crippen MR) is 116 cm³/mol. The van der Waals surface area contributed by atoms with Crippen LogP contribution in [-0.2, 0) is 19.1 Å². The summed E-state index contributed by atoms with van der Waals surface area (Å²) in [6.07, 6.45) is -9.48. The molecule has 0 aliphatic carbocycles. The SMILES string of the molecule is CC(C)(Oc1ccc(C(=O)c2ccc(Cl)cc2)cc1)C(=O)O[C@@H]1O[C@H](C(=O)O)[C@@H](O)[C@H](O)[C@H]1O. The fourth-order valence-electron chi connectivity index (χ4n) is 3.18. The lowest BCUT2D eigenvalue weighted by molar-refractivity contribution is -0.289. The zero-order valence-electron chi connectivity index (χ0n) is 18.1. The normalized spacial score (nSPS) is 24.8. The first-order valence-corrected chi connectivity index (χ1v) is 10.5. The molecule has 10 nitrogen and oxygen atoms in total. The summed E-state index contributed by atoms with van der Waals surface area (Å²) in [6.45, 7) is 2.72. The average Bonchev–Trinajstić information content (AvgIpc) is 2.79. The topological polar surface area (TPSA) is 160 Å². The number of hydrogen-bond acceptors (Lipinski definition) is 9. The Labute approximate surface area is 199 Å². The summed E-state index contributed by atoms with van der Waals surface area (Å²) in [7, 11) is 0. The van der Waals surface area contributed by atoms with E-state index in [1.165, 1.54) is 38.1 Å². The molecule has 0 aromatic heterocycles. The summed E-state index contributed by atoms with van der Waals surface area (Å²) in [5.41, 5.74) is -0.814. The number of carboxylic acids is 1. The minimum absolute atomic E-state index is 0.221. The van der Waals surface area contributed by atoms with Crippen molar-refractivity contribution < 1.29 is 49.0 Å². The number of aliphatic carboxylic acids is 1. The molecule has 1 saturated heterocycles. The fraction of sp³-hybridized carbons (Fsp3) is 0.348. The van der Waals surface area contributed by atoms with E-state index < -0.39 is 48.2 Å². The predicted octanol–water partition coefficient (Wildman–Crippen LogP) is 1.16. The Kier molecular flexibility index (Phi) is 7.59. The maximum atomic E-state index is 12.6. The van der Waals surface area contributed by atoms with Gasteiger partial charge in [-0.1, -0.05) is 11.6 Å². The number of aliphatic hydroxyl groups excluding tert-OH is 3. The molecule has 0 saturated carbocycles. The van der Waals surface area contributed by atoms with Crippen molar-refractivity contribution >= 4 is 29.3 Å². The Bertz CT molecular complexity index is 1050. The number of rotatable bonds is 7. The van der Waals surface area contributed by atoms with Crippen LogP contribution in [0, 0.1) is 0 Å².